The molecule has 0 atom stereocenters. The summed E-state index contributed by atoms with van der Waals surface area (Å²) in [6, 6.07) is 0. The molecule has 0 aliphatic heterocycles. The number of hydrogen-bond acceptors (Lipinski definition) is 1. The number of rotatable bonds is 3. The Morgan fingerprint density at radius 2 is 2.00 bits per heavy atom. The van der Waals surface area contributed by atoms with Crippen LogP contribution in [0.4, 0.5) is 0 Å². The van der Waals surface area contributed by atoms with Crippen molar-refractivity contribution in [3.05, 3.63) is 11.1 Å². The van der Waals surface area contributed by atoms with E-state index in [2.05, 4.69) is 25.9 Å². The van der Waals surface area contributed by atoms with Gasteiger partial charge in [-0.2, -0.15) is 0 Å². The molecule has 1 aliphatic carbocycles. The Bertz CT molecular complexity index is 134. The number of likely N-dealkylation sites (N-methyl/N-ethyl adjacent to an activating group) is 1. The maximum absolute atomic E-state index is 2.23. The fourth-order valence-corrected chi connectivity index (χ4v) is 1.14. The zero-order chi connectivity index (χ0) is 6.85. The van der Waals surface area contributed by atoms with E-state index in [1.165, 1.54) is 19.4 Å². The molecule has 0 amide bonds. The van der Waals surface area contributed by atoms with Gasteiger partial charge in [0, 0.05) is 6.54 Å². The molecule has 1 aliphatic rings. The molecular weight excluding hydrogens is 110 g/mol. The molecule has 0 unspecified atom stereocenters. The highest BCUT2D eigenvalue weighted by atomic mass is 15.1. The third kappa shape index (κ3) is 1.83. The van der Waals surface area contributed by atoms with Gasteiger partial charge in [-0.05, 0) is 26.9 Å². The van der Waals surface area contributed by atoms with Crippen molar-refractivity contribution in [2.75, 3.05) is 20.6 Å². The van der Waals surface area contributed by atoms with Crippen LogP contribution in [-0.4, -0.2) is 25.5 Å². The van der Waals surface area contributed by atoms with Crippen LogP contribution in [0.25, 0.3) is 0 Å². The van der Waals surface area contributed by atoms with Crippen molar-refractivity contribution in [2.45, 2.75) is 19.8 Å². The average molecular weight is 125 g/mol. The van der Waals surface area contributed by atoms with Gasteiger partial charge in [0.2, 0.25) is 0 Å². The van der Waals surface area contributed by atoms with Crippen LogP contribution in [0, 0.1) is 0 Å². The standard InChI is InChI=1S/C8H15N/c1-4-7-5-8(7)6-9(2)3/h4-6H2,1-3H3. The van der Waals surface area contributed by atoms with Gasteiger partial charge in [0.1, 0.15) is 0 Å². The molecule has 1 nitrogen and oxygen atoms in total. The molecule has 0 aromatic carbocycles. The van der Waals surface area contributed by atoms with Gasteiger partial charge in [0.25, 0.3) is 0 Å². The second-order valence-corrected chi connectivity index (χ2v) is 2.98. The average Bonchev–Trinajstić information content (AvgIpc) is 2.45. The highest BCUT2D eigenvalue weighted by molar-refractivity contribution is 5.35. The van der Waals surface area contributed by atoms with Crippen molar-refractivity contribution in [1.82, 2.24) is 4.90 Å². The lowest BCUT2D eigenvalue weighted by Gasteiger charge is -2.03. The second-order valence-electron chi connectivity index (χ2n) is 2.98. The van der Waals surface area contributed by atoms with Crippen molar-refractivity contribution in [3.63, 3.8) is 0 Å². The van der Waals surface area contributed by atoms with E-state index in [4.69, 9.17) is 0 Å². The third-order valence-corrected chi connectivity index (χ3v) is 1.74. The minimum absolute atomic E-state index is 1.18. The zero-order valence-electron chi connectivity index (χ0n) is 6.57. The van der Waals surface area contributed by atoms with E-state index in [0.717, 1.165) is 0 Å². The molecule has 0 saturated heterocycles. The predicted molar refractivity (Wildman–Crippen MR) is 40.5 cm³/mol. The lowest BCUT2D eigenvalue weighted by molar-refractivity contribution is 0.449. The normalized spacial score (nSPS) is 17.3. The van der Waals surface area contributed by atoms with Crippen LogP contribution in [0.1, 0.15) is 19.8 Å². The van der Waals surface area contributed by atoms with Crippen LogP contribution >= 0.6 is 0 Å². The quantitative estimate of drug-likeness (QED) is 0.518. The summed E-state index contributed by atoms with van der Waals surface area (Å²) in [5, 5.41) is 0. The molecule has 0 heterocycles. The summed E-state index contributed by atoms with van der Waals surface area (Å²) in [5.41, 5.74) is 3.35. The summed E-state index contributed by atoms with van der Waals surface area (Å²) >= 11 is 0. The Morgan fingerprint density at radius 1 is 1.33 bits per heavy atom. The van der Waals surface area contributed by atoms with Crippen LogP contribution in [0.5, 0.6) is 0 Å². The van der Waals surface area contributed by atoms with Crippen molar-refractivity contribution < 1.29 is 0 Å². The van der Waals surface area contributed by atoms with Crippen molar-refractivity contribution in [2.24, 2.45) is 0 Å². The Balaban J connectivity index is 2.24. The molecular formula is C8H15N. The topological polar surface area (TPSA) is 3.24 Å². The van der Waals surface area contributed by atoms with E-state index < -0.39 is 0 Å². The molecule has 0 radical (unpaired) electrons. The Labute approximate surface area is 57.4 Å². The summed E-state index contributed by atoms with van der Waals surface area (Å²) in [5.74, 6) is 0. The van der Waals surface area contributed by atoms with Gasteiger partial charge in [0.05, 0.1) is 0 Å². The fraction of sp³-hybridized carbons (Fsp3) is 0.750. The van der Waals surface area contributed by atoms with E-state index in [1.807, 2.05) is 0 Å². The van der Waals surface area contributed by atoms with Gasteiger partial charge in [-0.15, -0.1) is 0 Å². The summed E-state index contributed by atoms with van der Waals surface area (Å²) in [4.78, 5) is 2.23. The molecule has 52 valence electrons. The lowest BCUT2D eigenvalue weighted by atomic mass is 10.4. The van der Waals surface area contributed by atoms with E-state index >= 15 is 0 Å². The summed E-state index contributed by atoms with van der Waals surface area (Å²) in [7, 11) is 4.25. The van der Waals surface area contributed by atoms with E-state index in [-0.39, 0.29) is 0 Å². The largest absolute Gasteiger partial charge is 0.305 e. The summed E-state index contributed by atoms with van der Waals surface area (Å²) in [6.45, 7) is 3.42. The number of nitrogens with zero attached hydrogens (tertiary/aromatic N) is 1. The molecule has 0 aromatic heterocycles. The molecule has 0 aromatic rings. The summed E-state index contributed by atoms with van der Waals surface area (Å²) < 4.78 is 0. The Kier molecular flexibility index (Phi) is 1.91. The predicted octanol–water partition coefficient (Wildman–Crippen LogP) is 1.66. The van der Waals surface area contributed by atoms with Crippen LogP contribution in [-0.2, 0) is 0 Å². The smallest absolute Gasteiger partial charge is 0.0192 e. The van der Waals surface area contributed by atoms with Gasteiger partial charge < -0.3 is 4.90 Å². The van der Waals surface area contributed by atoms with Gasteiger partial charge >= 0.3 is 0 Å². The minimum Gasteiger partial charge on any atom is -0.305 e. The number of allylic oxidation sites excluding steroid dienone is 1. The molecule has 0 bridgehead atoms. The van der Waals surface area contributed by atoms with Gasteiger partial charge in [-0.3, -0.25) is 0 Å². The van der Waals surface area contributed by atoms with Gasteiger partial charge in [0.15, 0.2) is 0 Å². The van der Waals surface area contributed by atoms with Crippen LogP contribution in [0.3, 0.4) is 0 Å². The van der Waals surface area contributed by atoms with E-state index in [0.29, 0.717) is 0 Å². The van der Waals surface area contributed by atoms with Crippen molar-refractivity contribution in [3.8, 4) is 0 Å². The maximum atomic E-state index is 2.23. The molecule has 1 heteroatoms. The highest BCUT2D eigenvalue weighted by Gasteiger charge is 2.18. The molecule has 0 spiro atoms. The Morgan fingerprint density at radius 3 is 2.33 bits per heavy atom. The zero-order valence-corrected chi connectivity index (χ0v) is 6.57. The van der Waals surface area contributed by atoms with Crippen molar-refractivity contribution >= 4 is 0 Å². The first kappa shape index (κ1) is 6.81. The van der Waals surface area contributed by atoms with Gasteiger partial charge in [-0.25, -0.2) is 0 Å². The highest BCUT2D eigenvalue weighted by Crippen LogP contribution is 2.33. The Hall–Kier alpha value is -0.300. The molecule has 9 heavy (non-hydrogen) atoms. The van der Waals surface area contributed by atoms with Crippen molar-refractivity contribution in [1.29, 1.82) is 0 Å². The fourth-order valence-electron chi connectivity index (χ4n) is 1.14. The second kappa shape index (κ2) is 2.53. The van der Waals surface area contributed by atoms with Crippen LogP contribution in [0.2, 0.25) is 0 Å². The maximum Gasteiger partial charge on any atom is 0.0192 e. The first-order chi connectivity index (χ1) is 4.24. The number of hydrogen-bond donors (Lipinski definition) is 0. The van der Waals surface area contributed by atoms with Crippen LogP contribution < -0.4 is 0 Å². The summed E-state index contributed by atoms with van der Waals surface area (Å²) in [6.07, 6.45) is 2.58. The minimum atomic E-state index is 1.18. The SMILES string of the molecule is CCC1=C(CN(C)C)C1. The monoisotopic (exact) mass is 125 g/mol. The molecule has 0 saturated carbocycles. The van der Waals surface area contributed by atoms with Crippen LogP contribution in [0.15, 0.2) is 11.1 Å². The van der Waals surface area contributed by atoms with Gasteiger partial charge in [-0.1, -0.05) is 18.1 Å². The van der Waals surface area contributed by atoms with E-state index in [9.17, 15) is 0 Å². The lowest BCUT2D eigenvalue weighted by Crippen LogP contribution is -2.11. The third-order valence-electron chi connectivity index (χ3n) is 1.74. The molecule has 0 fully saturated rings. The first-order valence-electron chi connectivity index (χ1n) is 3.58. The molecule has 1 rings (SSSR count). The van der Waals surface area contributed by atoms with E-state index in [1.54, 1.807) is 11.1 Å². The molecule has 0 N–H and O–H groups in total. The first-order valence-corrected chi connectivity index (χ1v) is 3.58.